The highest BCUT2D eigenvalue weighted by molar-refractivity contribution is 5.88. The van der Waals surface area contributed by atoms with E-state index in [4.69, 9.17) is 9.97 Å². The number of fused-ring (bicyclic) bond motifs is 1. The third kappa shape index (κ3) is 5.34. The van der Waals surface area contributed by atoms with Crippen molar-refractivity contribution in [2.24, 2.45) is 0 Å². The van der Waals surface area contributed by atoms with Gasteiger partial charge in [0, 0.05) is 22.1 Å². The van der Waals surface area contributed by atoms with Crippen molar-refractivity contribution >= 4 is 5.57 Å². The van der Waals surface area contributed by atoms with Gasteiger partial charge in [0.25, 0.3) is 0 Å². The van der Waals surface area contributed by atoms with Crippen LogP contribution in [0.5, 0.6) is 0 Å². The van der Waals surface area contributed by atoms with Gasteiger partial charge in [0.2, 0.25) is 0 Å². The average molecular weight is 581 g/mol. The van der Waals surface area contributed by atoms with E-state index < -0.39 is 0 Å². The van der Waals surface area contributed by atoms with Gasteiger partial charge in [-0.05, 0) is 77.1 Å². The molecule has 45 heavy (non-hydrogen) atoms. The first-order valence-corrected chi connectivity index (χ1v) is 15.6. The van der Waals surface area contributed by atoms with Crippen LogP contribution in [0.2, 0.25) is 0 Å². The maximum Gasteiger partial charge on any atom is 0.160 e. The lowest BCUT2D eigenvalue weighted by Gasteiger charge is -2.22. The normalized spacial score (nSPS) is 13.8. The van der Waals surface area contributed by atoms with Gasteiger partial charge in [0.15, 0.2) is 5.82 Å². The van der Waals surface area contributed by atoms with E-state index in [0.717, 1.165) is 39.5 Å². The van der Waals surface area contributed by atoms with Crippen molar-refractivity contribution in [2.75, 3.05) is 0 Å². The monoisotopic (exact) mass is 580 g/mol. The molecule has 5 aromatic carbocycles. The Bertz CT molecular complexity index is 2020. The summed E-state index contributed by atoms with van der Waals surface area (Å²) in [6, 6.07) is 47.2. The quantitative estimate of drug-likeness (QED) is 0.196. The molecule has 0 aliphatic heterocycles. The van der Waals surface area contributed by atoms with Crippen molar-refractivity contribution in [3.05, 3.63) is 162 Å². The van der Waals surface area contributed by atoms with E-state index in [1.54, 1.807) is 0 Å². The Morgan fingerprint density at radius 2 is 1.02 bits per heavy atom. The molecule has 7 rings (SSSR count). The van der Waals surface area contributed by atoms with Crippen molar-refractivity contribution in [1.29, 1.82) is 0 Å². The molecule has 0 saturated heterocycles. The molecule has 0 bridgehead atoms. The van der Waals surface area contributed by atoms with Crippen LogP contribution in [0, 0.1) is 0 Å². The number of allylic oxidation sites excluding steroid dienone is 4. The molecule has 2 nitrogen and oxygen atoms in total. The molecule has 1 aliphatic rings. The Morgan fingerprint density at radius 3 is 1.64 bits per heavy atom. The van der Waals surface area contributed by atoms with Gasteiger partial charge in [0.05, 0.1) is 11.4 Å². The fourth-order valence-corrected chi connectivity index (χ4v) is 6.42. The van der Waals surface area contributed by atoms with Gasteiger partial charge in [-0.2, -0.15) is 0 Å². The molecule has 1 heterocycles. The van der Waals surface area contributed by atoms with Gasteiger partial charge in [-0.3, -0.25) is 0 Å². The summed E-state index contributed by atoms with van der Waals surface area (Å²) in [5.74, 6) is 0.723. The number of nitrogens with zero attached hydrogens (tertiary/aromatic N) is 2. The predicted molar refractivity (Wildman–Crippen MR) is 190 cm³/mol. The van der Waals surface area contributed by atoms with Gasteiger partial charge in [-0.25, -0.2) is 9.97 Å². The first kappa shape index (κ1) is 28.4. The van der Waals surface area contributed by atoms with E-state index in [9.17, 15) is 0 Å². The second-order valence-electron chi connectivity index (χ2n) is 12.3. The van der Waals surface area contributed by atoms with Crippen LogP contribution >= 0.6 is 0 Å². The molecule has 1 aliphatic carbocycles. The van der Waals surface area contributed by atoms with Gasteiger partial charge in [-0.15, -0.1) is 0 Å². The molecule has 0 unspecified atom stereocenters. The fourth-order valence-electron chi connectivity index (χ4n) is 6.42. The van der Waals surface area contributed by atoms with Crippen LogP contribution in [-0.4, -0.2) is 9.97 Å². The number of hydrogen-bond donors (Lipinski definition) is 0. The smallest absolute Gasteiger partial charge is 0.160 e. The highest BCUT2D eigenvalue weighted by Gasteiger charge is 2.34. The minimum atomic E-state index is 0.0345. The molecule has 0 fully saturated rings. The van der Waals surface area contributed by atoms with E-state index in [2.05, 4.69) is 137 Å². The number of benzene rings is 5. The van der Waals surface area contributed by atoms with E-state index in [1.165, 1.54) is 39.0 Å². The van der Waals surface area contributed by atoms with Crippen molar-refractivity contribution in [1.82, 2.24) is 9.97 Å². The maximum atomic E-state index is 5.05. The van der Waals surface area contributed by atoms with Crippen molar-refractivity contribution in [2.45, 2.75) is 33.1 Å². The molecular weight excluding hydrogens is 544 g/mol. The molecule has 218 valence electrons. The molecule has 0 spiro atoms. The zero-order chi connectivity index (χ0) is 31.0. The molecule has 1 aromatic heterocycles. The van der Waals surface area contributed by atoms with Crippen LogP contribution < -0.4 is 0 Å². The molecule has 6 aromatic rings. The largest absolute Gasteiger partial charge is 0.228 e. The Balaban J connectivity index is 1.28. The Labute approximate surface area is 266 Å². The van der Waals surface area contributed by atoms with Crippen LogP contribution in [0.25, 0.3) is 61.7 Å². The van der Waals surface area contributed by atoms with E-state index in [-0.39, 0.29) is 5.41 Å². The predicted octanol–water partition coefficient (Wildman–Crippen LogP) is 11.5. The second-order valence-corrected chi connectivity index (χ2v) is 12.3. The van der Waals surface area contributed by atoms with Crippen LogP contribution in [0.3, 0.4) is 0 Å². The molecular formula is C43H36N2. The van der Waals surface area contributed by atoms with E-state index in [1.807, 2.05) is 36.4 Å². The van der Waals surface area contributed by atoms with E-state index in [0.29, 0.717) is 0 Å². The number of rotatable bonds is 6. The lowest BCUT2D eigenvalue weighted by Crippen LogP contribution is -2.15. The lowest BCUT2D eigenvalue weighted by atomic mass is 9.81. The first-order chi connectivity index (χ1) is 21.9. The summed E-state index contributed by atoms with van der Waals surface area (Å²) in [6.45, 7) is 9.02. The van der Waals surface area contributed by atoms with E-state index >= 15 is 0 Å². The van der Waals surface area contributed by atoms with Gasteiger partial charge in [-0.1, -0.05) is 141 Å². The standard InChI is InChI=1S/C43H36N2/c1-5-14-37-29(2)43(3,4)39-24-23-35(27-38(37)39)33-20-12-19-32(25-33)34-21-13-22-36(26-34)41-28-40(30-15-8-6-9-16-30)44-42(45-41)31-17-10-7-11-18-31/h5-28H,1-4H3/b14-5-. The van der Waals surface area contributed by atoms with Gasteiger partial charge >= 0.3 is 0 Å². The number of aromatic nitrogens is 2. The molecule has 0 N–H and O–H groups in total. The SMILES string of the molecule is C/C=C\C1=C(C)C(C)(C)c2ccc(-c3cccc(-c4cccc(-c5cc(-c6ccccc6)nc(-c6ccccc6)n5)c4)c3)cc21. The minimum Gasteiger partial charge on any atom is -0.228 e. The van der Waals surface area contributed by atoms with Crippen molar-refractivity contribution in [3.63, 3.8) is 0 Å². The van der Waals surface area contributed by atoms with Crippen LogP contribution in [0.1, 0.15) is 38.8 Å². The third-order valence-electron chi connectivity index (χ3n) is 9.17. The summed E-state index contributed by atoms with van der Waals surface area (Å²) in [6.07, 6.45) is 4.40. The summed E-state index contributed by atoms with van der Waals surface area (Å²) in [5.41, 5.74) is 15.3. The van der Waals surface area contributed by atoms with Crippen LogP contribution in [0.4, 0.5) is 0 Å². The fraction of sp³-hybridized carbons (Fsp3) is 0.116. The highest BCUT2D eigenvalue weighted by Crippen LogP contribution is 2.47. The van der Waals surface area contributed by atoms with Crippen LogP contribution in [-0.2, 0) is 5.41 Å². The molecule has 0 amide bonds. The number of hydrogen-bond acceptors (Lipinski definition) is 2. The van der Waals surface area contributed by atoms with Gasteiger partial charge < -0.3 is 0 Å². The summed E-state index contributed by atoms with van der Waals surface area (Å²) in [5, 5.41) is 0. The summed E-state index contributed by atoms with van der Waals surface area (Å²) in [4.78, 5) is 10.0. The van der Waals surface area contributed by atoms with Crippen molar-refractivity contribution < 1.29 is 0 Å². The highest BCUT2D eigenvalue weighted by atomic mass is 14.9. The summed E-state index contributed by atoms with van der Waals surface area (Å²) < 4.78 is 0. The molecule has 0 radical (unpaired) electrons. The molecule has 0 saturated carbocycles. The first-order valence-electron chi connectivity index (χ1n) is 15.6. The van der Waals surface area contributed by atoms with Gasteiger partial charge in [0.1, 0.15) is 0 Å². The molecule has 0 atom stereocenters. The second kappa shape index (κ2) is 11.6. The third-order valence-corrected chi connectivity index (χ3v) is 9.17. The Morgan fingerprint density at radius 1 is 0.511 bits per heavy atom. The lowest BCUT2D eigenvalue weighted by molar-refractivity contribution is 0.639. The zero-order valence-corrected chi connectivity index (χ0v) is 26.3. The average Bonchev–Trinajstić information content (AvgIpc) is 3.29. The summed E-state index contributed by atoms with van der Waals surface area (Å²) >= 11 is 0. The maximum absolute atomic E-state index is 5.05. The molecule has 2 heteroatoms. The van der Waals surface area contributed by atoms with Crippen LogP contribution in [0.15, 0.2) is 151 Å². The minimum absolute atomic E-state index is 0.0345. The summed E-state index contributed by atoms with van der Waals surface area (Å²) in [7, 11) is 0. The Kier molecular flexibility index (Phi) is 7.35. The Hall–Kier alpha value is -5.34. The van der Waals surface area contributed by atoms with Crippen molar-refractivity contribution in [3.8, 4) is 56.2 Å². The topological polar surface area (TPSA) is 25.8 Å². The zero-order valence-electron chi connectivity index (χ0n) is 26.3.